The van der Waals surface area contributed by atoms with Crippen LogP contribution in [0.3, 0.4) is 0 Å². The van der Waals surface area contributed by atoms with Crippen LogP contribution < -0.4 is 11.1 Å². The first-order chi connectivity index (χ1) is 6.00. The minimum Gasteiger partial charge on any atom is -0.354 e. The van der Waals surface area contributed by atoms with Crippen LogP contribution in [0.4, 0.5) is 0 Å². The van der Waals surface area contributed by atoms with E-state index in [1.54, 1.807) is 14.2 Å². The normalized spacial score (nSPS) is 16.6. The zero-order valence-electron chi connectivity index (χ0n) is 9.26. The van der Waals surface area contributed by atoms with Gasteiger partial charge in [-0.15, -0.1) is 0 Å². The fourth-order valence-electron chi connectivity index (χ4n) is 1.50. The molecule has 0 aliphatic carbocycles. The van der Waals surface area contributed by atoms with Gasteiger partial charge in [0.2, 0.25) is 0 Å². The predicted octanol–water partition coefficient (Wildman–Crippen LogP) is 0.321. The molecule has 0 amide bonds. The van der Waals surface area contributed by atoms with Gasteiger partial charge in [-0.3, -0.25) is 0 Å². The minimum atomic E-state index is -0.336. The van der Waals surface area contributed by atoms with Gasteiger partial charge >= 0.3 is 0 Å². The van der Waals surface area contributed by atoms with Crippen molar-refractivity contribution >= 4 is 0 Å². The molecule has 0 aromatic carbocycles. The maximum Gasteiger partial charge on any atom is 0.175 e. The third-order valence-electron chi connectivity index (χ3n) is 1.99. The van der Waals surface area contributed by atoms with Crippen molar-refractivity contribution in [2.45, 2.75) is 38.6 Å². The van der Waals surface area contributed by atoms with Crippen molar-refractivity contribution in [3.8, 4) is 0 Å². The Bertz CT molecular complexity index is 138. The van der Waals surface area contributed by atoms with Gasteiger partial charge in [-0.1, -0.05) is 13.8 Å². The summed E-state index contributed by atoms with van der Waals surface area (Å²) in [5, 5.41) is 3.33. The van der Waals surface area contributed by atoms with E-state index in [2.05, 4.69) is 19.2 Å². The Morgan fingerprint density at radius 2 is 1.77 bits per heavy atom. The van der Waals surface area contributed by atoms with Gasteiger partial charge < -0.3 is 20.5 Å². The summed E-state index contributed by atoms with van der Waals surface area (Å²) in [6.45, 7) is 6.59. The lowest BCUT2D eigenvalue weighted by Gasteiger charge is -2.37. The first-order valence-electron chi connectivity index (χ1n) is 4.53. The summed E-state index contributed by atoms with van der Waals surface area (Å²) in [4.78, 5) is 0. The maximum atomic E-state index is 5.68. The molecule has 0 aromatic rings. The second-order valence-corrected chi connectivity index (χ2v) is 3.72. The van der Waals surface area contributed by atoms with E-state index in [4.69, 9.17) is 15.2 Å². The van der Waals surface area contributed by atoms with Crippen molar-refractivity contribution in [2.75, 3.05) is 20.8 Å². The molecule has 0 aliphatic heterocycles. The molecule has 0 spiro atoms. The van der Waals surface area contributed by atoms with Gasteiger partial charge in [-0.05, 0) is 6.92 Å². The molecule has 0 saturated heterocycles. The van der Waals surface area contributed by atoms with E-state index >= 15 is 0 Å². The zero-order valence-corrected chi connectivity index (χ0v) is 9.26. The first kappa shape index (κ1) is 12.8. The van der Waals surface area contributed by atoms with Crippen molar-refractivity contribution in [3.63, 3.8) is 0 Å². The maximum absolute atomic E-state index is 5.68. The number of hydrogen-bond donors (Lipinski definition) is 2. The van der Waals surface area contributed by atoms with Gasteiger partial charge in [-0.25, -0.2) is 0 Å². The summed E-state index contributed by atoms with van der Waals surface area (Å²) in [5.74, 6) is 0. The molecular weight excluding hydrogens is 168 g/mol. The van der Waals surface area contributed by atoms with Crippen molar-refractivity contribution in [1.82, 2.24) is 5.32 Å². The zero-order chi connectivity index (χ0) is 10.5. The van der Waals surface area contributed by atoms with Crippen LogP contribution in [0.5, 0.6) is 0 Å². The molecule has 1 atom stereocenters. The third kappa shape index (κ3) is 3.60. The Balaban J connectivity index is 4.39. The average Bonchev–Trinajstić information content (AvgIpc) is 2.05. The van der Waals surface area contributed by atoms with Gasteiger partial charge in [0.25, 0.3) is 0 Å². The average molecular weight is 190 g/mol. The van der Waals surface area contributed by atoms with Crippen LogP contribution in [0.1, 0.15) is 20.8 Å². The van der Waals surface area contributed by atoms with Crippen LogP contribution in [-0.2, 0) is 9.47 Å². The molecule has 13 heavy (non-hydrogen) atoms. The lowest BCUT2D eigenvalue weighted by Crippen LogP contribution is -2.60. The fourth-order valence-corrected chi connectivity index (χ4v) is 1.50. The Morgan fingerprint density at radius 1 is 1.31 bits per heavy atom. The van der Waals surface area contributed by atoms with E-state index < -0.39 is 0 Å². The van der Waals surface area contributed by atoms with Crippen LogP contribution >= 0.6 is 0 Å². The van der Waals surface area contributed by atoms with E-state index in [0.29, 0.717) is 12.6 Å². The highest BCUT2D eigenvalue weighted by atomic mass is 16.7. The molecule has 0 aromatic heterocycles. The van der Waals surface area contributed by atoms with E-state index in [1.165, 1.54) is 0 Å². The van der Waals surface area contributed by atoms with E-state index in [1.807, 2.05) is 6.92 Å². The molecule has 80 valence electrons. The Labute approximate surface area is 80.8 Å². The number of ether oxygens (including phenoxy) is 2. The topological polar surface area (TPSA) is 56.5 Å². The van der Waals surface area contributed by atoms with Gasteiger partial charge in [0.05, 0.1) is 5.54 Å². The van der Waals surface area contributed by atoms with E-state index in [9.17, 15) is 0 Å². The summed E-state index contributed by atoms with van der Waals surface area (Å²) >= 11 is 0. The largest absolute Gasteiger partial charge is 0.354 e. The second-order valence-electron chi connectivity index (χ2n) is 3.72. The quantitative estimate of drug-likeness (QED) is 0.592. The third-order valence-corrected chi connectivity index (χ3v) is 1.99. The summed E-state index contributed by atoms with van der Waals surface area (Å²) in [5.41, 5.74) is 5.35. The molecule has 0 fully saturated rings. The molecule has 3 N–H and O–H groups in total. The first-order valence-corrected chi connectivity index (χ1v) is 4.53. The Hall–Kier alpha value is -0.160. The lowest BCUT2D eigenvalue weighted by molar-refractivity contribution is -0.150. The van der Waals surface area contributed by atoms with Crippen molar-refractivity contribution < 1.29 is 9.47 Å². The number of nitrogens with two attached hydrogens (primary N) is 1. The molecule has 0 bridgehead atoms. The molecule has 0 rings (SSSR count). The molecule has 0 radical (unpaired) electrons. The van der Waals surface area contributed by atoms with Gasteiger partial charge in [-0.2, -0.15) is 0 Å². The molecule has 0 aliphatic rings. The number of rotatable bonds is 6. The molecule has 1 unspecified atom stereocenters. The lowest BCUT2D eigenvalue weighted by atomic mass is 10.0. The number of methoxy groups -OCH3 is 2. The number of hydrogen-bond acceptors (Lipinski definition) is 4. The predicted molar refractivity (Wildman–Crippen MR) is 53.5 cm³/mol. The monoisotopic (exact) mass is 190 g/mol. The highest BCUT2D eigenvalue weighted by molar-refractivity contribution is 4.89. The summed E-state index contributed by atoms with van der Waals surface area (Å²) in [6, 6.07) is 0.348. The molecule has 4 heteroatoms. The van der Waals surface area contributed by atoms with Crippen LogP contribution in [0.25, 0.3) is 0 Å². The van der Waals surface area contributed by atoms with Gasteiger partial charge in [0.15, 0.2) is 6.29 Å². The summed E-state index contributed by atoms with van der Waals surface area (Å²) < 4.78 is 10.4. The van der Waals surface area contributed by atoms with Crippen LogP contribution in [0.15, 0.2) is 0 Å². The van der Waals surface area contributed by atoms with Crippen molar-refractivity contribution in [2.24, 2.45) is 5.73 Å². The summed E-state index contributed by atoms with van der Waals surface area (Å²) in [7, 11) is 3.23. The van der Waals surface area contributed by atoms with Crippen molar-refractivity contribution in [1.29, 1.82) is 0 Å². The summed E-state index contributed by atoms with van der Waals surface area (Å²) in [6.07, 6.45) is -0.320. The Kier molecular flexibility index (Phi) is 5.48. The standard InChI is InChI=1S/C9H22N2O2/c1-7(2)11-9(3,6-10)8(12-4)13-5/h7-8,11H,6,10H2,1-5H3. The van der Waals surface area contributed by atoms with Gasteiger partial charge in [0, 0.05) is 26.8 Å². The molecule has 4 nitrogen and oxygen atoms in total. The van der Waals surface area contributed by atoms with E-state index in [-0.39, 0.29) is 11.8 Å². The smallest absolute Gasteiger partial charge is 0.175 e. The Morgan fingerprint density at radius 3 is 2.00 bits per heavy atom. The van der Waals surface area contributed by atoms with Crippen molar-refractivity contribution in [3.05, 3.63) is 0 Å². The van der Waals surface area contributed by atoms with E-state index in [0.717, 1.165) is 0 Å². The van der Waals surface area contributed by atoms with Gasteiger partial charge in [0.1, 0.15) is 0 Å². The number of nitrogens with one attached hydrogen (secondary N) is 1. The highest BCUT2D eigenvalue weighted by Crippen LogP contribution is 2.13. The molecule has 0 heterocycles. The second kappa shape index (κ2) is 5.54. The highest BCUT2D eigenvalue weighted by Gasteiger charge is 2.33. The molecule has 0 saturated carbocycles. The van der Waals surface area contributed by atoms with Crippen LogP contribution in [0, 0.1) is 0 Å². The SMILES string of the molecule is COC(OC)C(C)(CN)NC(C)C. The molecular formula is C9H22N2O2. The van der Waals surface area contributed by atoms with Crippen LogP contribution in [0.2, 0.25) is 0 Å². The minimum absolute atomic E-state index is 0.320. The van der Waals surface area contributed by atoms with Crippen LogP contribution in [-0.4, -0.2) is 38.6 Å². The fraction of sp³-hybridized carbons (Fsp3) is 1.00.